The number of rotatable bonds is 3. The van der Waals surface area contributed by atoms with Crippen molar-refractivity contribution in [3.8, 4) is 6.07 Å². The fourth-order valence-corrected chi connectivity index (χ4v) is 4.67. The number of hydrogen-bond donors (Lipinski definition) is 1. The van der Waals surface area contributed by atoms with Gasteiger partial charge in [-0.3, -0.25) is 15.0 Å². The van der Waals surface area contributed by atoms with Crippen LogP contribution in [0.2, 0.25) is 0 Å². The Morgan fingerprint density at radius 1 is 1.10 bits per heavy atom. The van der Waals surface area contributed by atoms with Crippen molar-refractivity contribution in [3.63, 3.8) is 0 Å². The number of carbonyl (C=O) groups excluding carboxylic acids is 1. The third kappa shape index (κ3) is 4.14. The molecule has 0 unspecified atom stereocenters. The Labute approximate surface area is 173 Å². The first-order valence-electron chi connectivity index (χ1n) is 10.7. The lowest BCUT2D eigenvalue weighted by Gasteiger charge is -2.45. The molecule has 0 saturated carbocycles. The molecule has 1 N–H and O–H groups in total. The van der Waals surface area contributed by atoms with E-state index in [1.165, 1.54) is 5.56 Å². The molecule has 1 aromatic rings. The summed E-state index contributed by atoms with van der Waals surface area (Å²) in [6, 6.07) is 12.7. The summed E-state index contributed by atoms with van der Waals surface area (Å²) >= 11 is 0. The van der Waals surface area contributed by atoms with Gasteiger partial charge >= 0.3 is 0 Å². The molecular formula is C22H30N6O. The minimum absolute atomic E-state index is 0.188. The van der Waals surface area contributed by atoms with Crippen molar-refractivity contribution in [1.82, 2.24) is 20.0 Å². The quantitative estimate of drug-likeness (QED) is 0.836. The van der Waals surface area contributed by atoms with E-state index >= 15 is 0 Å². The lowest BCUT2D eigenvalue weighted by molar-refractivity contribution is -0.125. The van der Waals surface area contributed by atoms with Crippen LogP contribution in [-0.2, 0) is 11.3 Å². The van der Waals surface area contributed by atoms with Crippen molar-refractivity contribution in [2.75, 3.05) is 45.8 Å². The van der Waals surface area contributed by atoms with E-state index in [2.05, 4.69) is 57.3 Å². The number of nitrogens with one attached hydrogen (secondary N) is 1. The SMILES string of the molecule is CCN1CCN(C2=NC3(CCN(Cc4ccccc4)CC3)[C@@H](C#N)C(=O)N2)CC1. The molecule has 0 bridgehead atoms. The van der Waals surface area contributed by atoms with Crippen molar-refractivity contribution in [2.24, 2.45) is 10.9 Å². The molecule has 3 heterocycles. The number of amides is 1. The summed E-state index contributed by atoms with van der Waals surface area (Å²) in [5.74, 6) is -0.220. The molecule has 1 amide bonds. The van der Waals surface area contributed by atoms with E-state index in [0.717, 1.165) is 65.2 Å². The Balaban J connectivity index is 1.48. The number of aliphatic imine (C=N–C) groups is 1. The Morgan fingerprint density at radius 3 is 2.41 bits per heavy atom. The zero-order valence-corrected chi connectivity index (χ0v) is 17.2. The number of nitrogens with zero attached hydrogens (tertiary/aromatic N) is 5. The third-order valence-electron chi connectivity index (χ3n) is 6.58. The van der Waals surface area contributed by atoms with Crippen LogP contribution in [0.4, 0.5) is 0 Å². The molecule has 0 radical (unpaired) electrons. The topological polar surface area (TPSA) is 75.0 Å². The van der Waals surface area contributed by atoms with Crippen LogP contribution >= 0.6 is 0 Å². The van der Waals surface area contributed by atoms with E-state index in [0.29, 0.717) is 5.96 Å². The van der Waals surface area contributed by atoms with Crippen molar-refractivity contribution in [1.29, 1.82) is 5.26 Å². The molecule has 7 nitrogen and oxygen atoms in total. The van der Waals surface area contributed by atoms with E-state index in [-0.39, 0.29) is 5.91 Å². The number of carbonyl (C=O) groups is 1. The minimum atomic E-state index is -0.706. The number of guanidine groups is 1. The number of benzene rings is 1. The Hall–Kier alpha value is -2.43. The van der Waals surface area contributed by atoms with Crippen LogP contribution in [0, 0.1) is 17.2 Å². The van der Waals surface area contributed by atoms with E-state index in [4.69, 9.17) is 4.99 Å². The lowest BCUT2D eigenvalue weighted by Crippen LogP contribution is -2.62. The molecule has 1 spiro atoms. The van der Waals surface area contributed by atoms with E-state index in [9.17, 15) is 10.1 Å². The standard InChI is InChI=1S/C22H30N6O/c1-2-26-12-14-28(15-13-26)21-24-20(29)19(16-23)22(25-21)8-10-27(11-9-22)17-18-6-4-3-5-7-18/h3-7,19H,2,8-15,17H2,1H3,(H,24,25,29)/t19-/m0/s1. The van der Waals surface area contributed by atoms with Crippen LogP contribution in [0.25, 0.3) is 0 Å². The van der Waals surface area contributed by atoms with E-state index < -0.39 is 11.5 Å². The summed E-state index contributed by atoms with van der Waals surface area (Å²) in [5, 5.41) is 12.7. The Kier molecular flexibility index (Phi) is 5.84. The largest absolute Gasteiger partial charge is 0.340 e. The number of piperazine rings is 1. The van der Waals surface area contributed by atoms with Gasteiger partial charge in [-0.05, 0) is 24.9 Å². The highest BCUT2D eigenvalue weighted by molar-refractivity contribution is 6.02. The minimum Gasteiger partial charge on any atom is -0.340 e. The van der Waals surface area contributed by atoms with Crippen LogP contribution in [-0.4, -0.2) is 77.9 Å². The number of likely N-dealkylation sites (tertiary alicyclic amines) is 1. The predicted octanol–water partition coefficient (Wildman–Crippen LogP) is 1.28. The van der Waals surface area contributed by atoms with E-state index in [1.807, 2.05) is 6.07 Å². The first kappa shape index (κ1) is 19.9. The molecule has 7 heteroatoms. The van der Waals surface area contributed by atoms with Gasteiger partial charge in [0, 0.05) is 45.8 Å². The fourth-order valence-electron chi connectivity index (χ4n) is 4.67. The molecule has 29 heavy (non-hydrogen) atoms. The van der Waals surface area contributed by atoms with E-state index in [1.54, 1.807) is 0 Å². The van der Waals surface area contributed by atoms with Crippen LogP contribution in [0.15, 0.2) is 35.3 Å². The molecule has 2 fully saturated rings. The zero-order valence-electron chi connectivity index (χ0n) is 17.2. The normalized spacial score (nSPS) is 25.4. The maximum absolute atomic E-state index is 12.8. The average molecular weight is 395 g/mol. The molecule has 0 aliphatic carbocycles. The second-order valence-electron chi connectivity index (χ2n) is 8.27. The summed E-state index contributed by atoms with van der Waals surface area (Å²) in [6.45, 7) is 9.49. The van der Waals surface area contributed by atoms with Gasteiger partial charge in [0.25, 0.3) is 0 Å². The van der Waals surface area contributed by atoms with Gasteiger partial charge in [-0.1, -0.05) is 37.3 Å². The number of hydrogen-bond acceptors (Lipinski definition) is 6. The second-order valence-corrected chi connectivity index (χ2v) is 8.27. The lowest BCUT2D eigenvalue weighted by atomic mass is 9.76. The van der Waals surface area contributed by atoms with Crippen molar-refractivity contribution >= 4 is 11.9 Å². The summed E-state index contributed by atoms with van der Waals surface area (Å²) < 4.78 is 0. The van der Waals surface area contributed by atoms with Crippen LogP contribution in [0.5, 0.6) is 0 Å². The van der Waals surface area contributed by atoms with Crippen LogP contribution in [0.3, 0.4) is 0 Å². The van der Waals surface area contributed by atoms with Gasteiger partial charge in [0.1, 0.15) is 0 Å². The summed E-state index contributed by atoms with van der Waals surface area (Å²) in [5.41, 5.74) is 0.696. The van der Waals surface area contributed by atoms with Crippen LogP contribution < -0.4 is 5.32 Å². The first-order valence-corrected chi connectivity index (χ1v) is 10.7. The average Bonchev–Trinajstić information content (AvgIpc) is 2.76. The number of nitriles is 1. The molecular weight excluding hydrogens is 364 g/mol. The van der Waals surface area contributed by atoms with Crippen molar-refractivity contribution < 1.29 is 4.79 Å². The van der Waals surface area contributed by atoms with Crippen LogP contribution in [0.1, 0.15) is 25.3 Å². The molecule has 1 atom stereocenters. The summed E-state index contributed by atoms with van der Waals surface area (Å²) in [4.78, 5) is 24.8. The fraction of sp³-hybridized carbons (Fsp3) is 0.591. The maximum Gasteiger partial charge on any atom is 0.246 e. The smallest absolute Gasteiger partial charge is 0.246 e. The zero-order chi connectivity index (χ0) is 20.3. The number of likely N-dealkylation sites (N-methyl/N-ethyl adjacent to an activating group) is 1. The highest BCUT2D eigenvalue weighted by atomic mass is 16.2. The molecule has 3 aliphatic rings. The summed E-state index contributed by atoms with van der Waals surface area (Å²) in [7, 11) is 0. The summed E-state index contributed by atoms with van der Waals surface area (Å²) in [6.07, 6.45) is 1.48. The molecule has 1 aromatic carbocycles. The van der Waals surface area contributed by atoms with Gasteiger partial charge in [-0.15, -0.1) is 0 Å². The monoisotopic (exact) mass is 394 g/mol. The number of piperidine rings is 1. The van der Waals surface area contributed by atoms with Crippen molar-refractivity contribution in [2.45, 2.75) is 31.8 Å². The van der Waals surface area contributed by atoms with Crippen molar-refractivity contribution in [3.05, 3.63) is 35.9 Å². The van der Waals surface area contributed by atoms with Gasteiger partial charge in [0.2, 0.25) is 11.9 Å². The Morgan fingerprint density at radius 2 is 1.79 bits per heavy atom. The van der Waals surface area contributed by atoms with Gasteiger partial charge < -0.3 is 9.80 Å². The molecule has 3 aliphatic heterocycles. The van der Waals surface area contributed by atoms with Gasteiger partial charge in [-0.2, -0.15) is 5.26 Å². The highest BCUT2D eigenvalue weighted by Crippen LogP contribution is 2.37. The maximum atomic E-state index is 12.8. The Bertz CT molecular complexity index is 785. The molecule has 2 saturated heterocycles. The molecule has 154 valence electrons. The van der Waals surface area contributed by atoms with Gasteiger partial charge in [0.15, 0.2) is 5.92 Å². The van der Waals surface area contributed by atoms with Gasteiger partial charge in [-0.25, -0.2) is 4.99 Å². The third-order valence-corrected chi connectivity index (χ3v) is 6.58. The first-order chi connectivity index (χ1) is 14.1. The molecule has 0 aromatic heterocycles. The highest BCUT2D eigenvalue weighted by Gasteiger charge is 2.49. The molecule has 4 rings (SSSR count). The van der Waals surface area contributed by atoms with Gasteiger partial charge in [0.05, 0.1) is 11.6 Å². The predicted molar refractivity (Wildman–Crippen MR) is 112 cm³/mol. The second kappa shape index (κ2) is 8.52.